The number of benzene rings is 1. The number of carbonyl (C=O) groups is 2. The van der Waals surface area contributed by atoms with Crippen molar-refractivity contribution in [2.45, 2.75) is 23.7 Å². The first-order chi connectivity index (χ1) is 17.4. The second-order valence-corrected chi connectivity index (χ2v) is 11.0. The van der Waals surface area contributed by atoms with Gasteiger partial charge in [0.05, 0.1) is 6.61 Å². The number of piperazine rings is 1. The molecular formula is C24H27N5O5S2. The van der Waals surface area contributed by atoms with Crippen molar-refractivity contribution in [1.29, 1.82) is 0 Å². The number of hydrogen-bond donors (Lipinski definition) is 2. The van der Waals surface area contributed by atoms with Gasteiger partial charge in [0.25, 0.3) is 10.0 Å². The van der Waals surface area contributed by atoms with Gasteiger partial charge in [-0.15, -0.1) is 11.3 Å². The second-order valence-electron chi connectivity index (χ2n) is 7.98. The third kappa shape index (κ3) is 6.01. The number of carbonyl (C=O) groups excluding carboxylic acids is 2. The standard InChI is InChI=1S/C24H27N5O5S2/c1-2-34-20-9-7-19(8-10-20)27-24(31)28-12-13-29(36(32,33)22-6-4-14-35-22)21(17-28)23(30)26-16-18-5-3-11-25-15-18/h3-11,14-15,21H,2,12-13,16-17H2,1H3,(H,26,30)(H,27,31). The van der Waals surface area contributed by atoms with Gasteiger partial charge in [0.2, 0.25) is 5.91 Å². The molecule has 3 heterocycles. The number of nitrogens with zero attached hydrogens (tertiary/aromatic N) is 3. The van der Waals surface area contributed by atoms with Crippen LogP contribution < -0.4 is 15.4 Å². The van der Waals surface area contributed by atoms with Crippen molar-refractivity contribution in [2.75, 3.05) is 31.6 Å². The number of urea groups is 1. The summed E-state index contributed by atoms with van der Waals surface area (Å²) >= 11 is 1.09. The number of rotatable bonds is 8. The van der Waals surface area contributed by atoms with Gasteiger partial charge in [0.15, 0.2) is 0 Å². The largest absolute Gasteiger partial charge is 0.494 e. The molecule has 3 amide bonds. The van der Waals surface area contributed by atoms with Crippen LogP contribution in [0.5, 0.6) is 5.75 Å². The number of amides is 3. The third-order valence-corrected chi connectivity index (χ3v) is 8.87. The van der Waals surface area contributed by atoms with Gasteiger partial charge in [-0.3, -0.25) is 9.78 Å². The maximum absolute atomic E-state index is 13.3. The van der Waals surface area contributed by atoms with Crippen LogP contribution in [-0.4, -0.2) is 66.8 Å². The van der Waals surface area contributed by atoms with Gasteiger partial charge in [0, 0.05) is 44.3 Å². The predicted molar refractivity (Wildman–Crippen MR) is 136 cm³/mol. The summed E-state index contributed by atoms with van der Waals surface area (Å²) in [6.07, 6.45) is 3.25. The molecule has 1 aliphatic heterocycles. The van der Waals surface area contributed by atoms with Crippen LogP contribution in [0.4, 0.5) is 10.5 Å². The highest BCUT2D eigenvalue weighted by atomic mass is 32.2. The zero-order valence-electron chi connectivity index (χ0n) is 19.7. The minimum atomic E-state index is -3.91. The van der Waals surface area contributed by atoms with Gasteiger partial charge >= 0.3 is 6.03 Å². The van der Waals surface area contributed by atoms with Gasteiger partial charge in [-0.25, -0.2) is 13.2 Å². The Bertz CT molecular complexity index is 1270. The van der Waals surface area contributed by atoms with Crippen LogP contribution >= 0.6 is 11.3 Å². The summed E-state index contributed by atoms with van der Waals surface area (Å²) in [5.74, 6) is 0.200. The van der Waals surface area contributed by atoms with E-state index in [4.69, 9.17) is 4.74 Å². The average Bonchev–Trinajstić information content (AvgIpc) is 3.45. The maximum Gasteiger partial charge on any atom is 0.321 e. The second kappa shape index (κ2) is 11.5. The normalized spacial score (nSPS) is 16.4. The molecule has 1 unspecified atom stereocenters. The lowest BCUT2D eigenvalue weighted by Crippen LogP contribution is -2.61. The third-order valence-electron chi connectivity index (χ3n) is 5.59. The van der Waals surface area contributed by atoms with E-state index in [1.165, 1.54) is 15.3 Å². The molecule has 4 rings (SSSR count). The highest BCUT2D eigenvalue weighted by Crippen LogP contribution is 2.26. The summed E-state index contributed by atoms with van der Waals surface area (Å²) in [6, 6.07) is 12.2. The molecule has 1 atom stereocenters. The molecule has 10 nitrogen and oxygen atoms in total. The van der Waals surface area contributed by atoms with Crippen molar-refractivity contribution in [3.05, 3.63) is 71.9 Å². The lowest BCUT2D eigenvalue weighted by atomic mass is 10.2. The highest BCUT2D eigenvalue weighted by Gasteiger charge is 2.41. The zero-order valence-corrected chi connectivity index (χ0v) is 21.3. The van der Waals surface area contributed by atoms with Crippen molar-refractivity contribution >= 4 is 39.0 Å². The van der Waals surface area contributed by atoms with E-state index in [0.717, 1.165) is 16.9 Å². The number of pyridine rings is 1. The van der Waals surface area contributed by atoms with E-state index in [0.29, 0.717) is 18.0 Å². The Labute approximate surface area is 214 Å². The molecule has 1 aromatic carbocycles. The van der Waals surface area contributed by atoms with E-state index in [9.17, 15) is 18.0 Å². The number of nitrogens with one attached hydrogen (secondary N) is 2. The molecule has 2 N–H and O–H groups in total. The predicted octanol–water partition coefficient (Wildman–Crippen LogP) is 2.77. The summed E-state index contributed by atoms with van der Waals surface area (Å²) in [7, 11) is -3.91. The van der Waals surface area contributed by atoms with E-state index in [2.05, 4.69) is 15.6 Å². The number of anilines is 1. The van der Waals surface area contributed by atoms with Crippen LogP contribution in [0.3, 0.4) is 0 Å². The summed E-state index contributed by atoms with van der Waals surface area (Å²) in [5, 5.41) is 7.27. The fraction of sp³-hybridized carbons (Fsp3) is 0.292. The Hall–Kier alpha value is -3.48. The van der Waals surface area contributed by atoms with E-state index in [1.807, 2.05) is 13.0 Å². The quantitative estimate of drug-likeness (QED) is 0.463. The molecule has 1 fully saturated rings. The van der Waals surface area contributed by atoms with Crippen molar-refractivity contribution in [3.8, 4) is 5.75 Å². The molecule has 36 heavy (non-hydrogen) atoms. The molecule has 0 bridgehead atoms. The zero-order chi connectivity index (χ0) is 25.5. The van der Waals surface area contributed by atoms with Gasteiger partial charge in [-0.05, 0) is 54.3 Å². The van der Waals surface area contributed by atoms with Crippen LogP contribution in [0.1, 0.15) is 12.5 Å². The molecule has 0 aliphatic carbocycles. The number of thiophene rings is 1. The molecule has 3 aromatic rings. The Morgan fingerprint density at radius 1 is 1.14 bits per heavy atom. The van der Waals surface area contributed by atoms with Crippen molar-refractivity contribution in [3.63, 3.8) is 0 Å². The van der Waals surface area contributed by atoms with Crippen molar-refractivity contribution in [1.82, 2.24) is 19.5 Å². The first-order valence-electron chi connectivity index (χ1n) is 11.4. The first-order valence-corrected chi connectivity index (χ1v) is 13.7. The van der Waals surface area contributed by atoms with E-state index >= 15 is 0 Å². The monoisotopic (exact) mass is 529 g/mol. The Morgan fingerprint density at radius 2 is 1.94 bits per heavy atom. The maximum atomic E-state index is 13.3. The van der Waals surface area contributed by atoms with Gasteiger partial charge in [-0.2, -0.15) is 4.31 Å². The highest BCUT2D eigenvalue weighted by molar-refractivity contribution is 7.91. The van der Waals surface area contributed by atoms with Crippen LogP contribution in [-0.2, 0) is 21.4 Å². The molecule has 12 heteroatoms. The summed E-state index contributed by atoms with van der Waals surface area (Å²) in [6.45, 7) is 2.65. The van der Waals surface area contributed by atoms with Crippen molar-refractivity contribution in [2.24, 2.45) is 0 Å². The lowest BCUT2D eigenvalue weighted by molar-refractivity contribution is -0.126. The Kier molecular flexibility index (Phi) is 8.18. The summed E-state index contributed by atoms with van der Waals surface area (Å²) < 4.78 is 33.4. The summed E-state index contributed by atoms with van der Waals surface area (Å²) in [5.41, 5.74) is 1.34. The lowest BCUT2D eigenvalue weighted by Gasteiger charge is -2.39. The van der Waals surface area contributed by atoms with E-state index in [1.54, 1.807) is 54.2 Å². The minimum absolute atomic E-state index is 0.0120. The molecule has 0 spiro atoms. The molecule has 1 aliphatic rings. The number of ether oxygens (including phenoxy) is 1. The number of sulfonamides is 1. The topological polar surface area (TPSA) is 121 Å². The van der Waals surface area contributed by atoms with Gasteiger partial charge in [0.1, 0.15) is 16.0 Å². The Balaban J connectivity index is 1.50. The number of hydrogen-bond acceptors (Lipinski definition) is 7. The fourth-order valence-electron chi connectivity index (χ4n) is 3.79. The van der Waals surface area contributed by atoms with Gasteiger partial charge in [-0.1, -0.05) is 12.1 Å². The Morgan fingerprint density at radius 3 is 2.61 bits per heavy atom. The smallest absolute Gasteiger partial charge is 0.321 e. The minimum Gasteiger partial charge on any atom is -0.494 e. The van der Waals surface area contributed by atoms with Crippen LogP contribution in [0, 0.1) is 0 Å². The fourth-order valence-corrected chi connectivity index (χ4v) is 6.48. The van der Waals surface area contributed by atoms with Gasteiger partial charge < -0.3 is 20.3 Å². The molecular weight excluding hydrogens is 502 g/mol. The molecule has 190 valence electrons. The molecule has 1 saturated heterocycles. The van der Waals surface area contributed by atoms with Crippen LogP contribution in [0.2, 0.25) is 0 Å². The average molecular weight is 530 g/mol. The van der Waals surface area contributed by atoms with Crippen LogP contribution in [0.25, 0.3) is 0 Å². The van der Waals surface area contributed by atoms with Crippen LogP contribution in [0.15, 0.2) is 70.5 Å². The molecule has 2 aromatic heterocycles. The summed E-state index contributed by atoms with van der Waals surface area (Å²) in [4.78, 5) is 31.7. The first kappa shape index (κ1) is 25.6. The SMILES string of the molecule is CCOc1ccc(NC(=O)N2CCN(S(=O)(=O)c3cccs3)C(C(=O)NCc3cccnc3)C2)cc1. The number of aromatic nitrogens is 1. The molecule has 0 saturated carbocycles. The van der Waals surface area contributed by atoms with Crippen molar-refractivity contribution < 1.29 is 22.7 Å². The molecule has 0 radical (unpaired) electrons. The van der Waals surface area contributed by atoms with E-state index in [-0.39, 0.29) is 30.4 Å². The van der Waals surface area contributed by atoms with E-state index < -0.39 is 28.0 Å².